The molecule has 0 rings (SSSR count). The van der Waals surface area contributed by atoms with Crippen LogP contribution in [0.1, 0.15) is 20.8 Å². The summed E-state index contributed by atoms with van der Waals surface area (Å²) in [7, 11) is 2.79. The van der Waals surface area contributed by atoms with E-state index < -0.39 is 23.6 Å². The molecular weight excluding hydrogens is 226 g/mol. The lowest BCUT2D eigenvalue weighted by Crippen LogP contribution is -2.48. The van der Waals surface area contributed by atoms with Crippen molar-refractivity contribution in [3.63, 3.8) is 0 Å². The number of likely N-dealkylation sites (N-methyl/N-ethyl adjacent to an activating group) is 1. The number of nitrogens with one attached hydrogen (secondary N) is 1. The van der Waals surface area contributed by atoms with E-state index in [-0.39, 0.29) is 6.54 Å². The van der Waals surface area contributed by atoms with Crippen LogP contribution in [0.4, 0.5) is 4.79 Å². The molecule has 0 fully saturated rings. The zero-order chi connectivity index (χ0) is 13.6. The lowest BCUT2D eigenvalue weighted by molar-refractivity contribution is -0.169. The number of alkyl carbamates (subject to hydrolysis) is 1. The van der Waals surface area contributed by atoms with Gasteiger partial charge in [0.2, 0.25) is 0 Å². The Morgan fingerprint density at radius 2 is 1.94 bits per heavy atom. The quantitative estimate of drug-likeness (QED) is 0.674. The highest BCUT2D eigenvalue weighted by Crippen LogP contribution is 2.06. The number of hydrogen-bond acceptors (Lipinski definition) is 5. The Kier molecular flexibility index (Phi) is 5.90. The summed E-state index contributed by atoms with van der Waals surface area (Å²) >= 11 is 0. The molecule has 0 bridgehead atoms. The van der Waals surface area contributed by atoms with E-state index in [1.807, 2.05) is 0 Å². The summed E-state index contributed by atoms with van der Waals surface area (Å²) in [4.78, 5) is 27.4. The minimum Gasteiger partial charge on any atom is -0.444 e. The number of ether oxygens (including phenoxy) is 1. The van der Waals surface area contributed by atoms with Crippen molar-refractivity contribution in [1.82, 2.24) is 10.4 Å². The van der Waals surface area contributed by atoms with E-state index in [0.717, 1.165) is 5.06 Å². The van der Waals surface area contributed by atoms with Crippen LogP contribution in [0, 0.1) is 0 Å². The summed E-state index contributed by atoms with van der Waals surface area (Å²) in [5, 5.41) is 3.41. The smallest absolute Gasteiger partial charge is 0.407 e. The number of nitrogens with zero attached hydrogens (tertiary/aromatic N) is 1. The van der Waals surface area contributed by atoms with E-state index in [2.05, 4.69) is 10.2 Å². The molecule has 100 valence electrons. The molecule has 2 amide bonds. The van der Waals surface area contributed by atoms with Gasteiger partial charge < -0.3 is 15.8 Å². The average Bonchev–Trinajstić information content (AvgIpc) is 2.21. The highest BCUT2D eigenvalue weighted by atomic mass is 16.7. The largest absolute Gasteiger partial charge is 0.444 e. The van der Waals surface area contributed by atoms with Gasteiger partial charge in [-0.3, -0.25) is 9.63 Å². The van der Waals surface area contributed by atoms with Gasteiger partial charge in [0.25, 0.3) is 5.91 Å². The van der Waals surface area contributed by atoms with Gasteiger partial charge in [0.1, 0.15) is 11.6 Å². The number of rotatable bonds is 4. The molecule has 7 heteroatoms. The highest BCUT2D eigenvalue weighted by Gasteiger charge is 2.21. The maximum Gasteiger partial charge on any atom is 0.407 e. The van der Waals surface area contributed by atoms with Crippen LogP contribution < -0.4 is 11.1 Å². The number of amides is 2. The number of hydroxylamine groups is 2. The molecule has 17 heavy (non-hydrogen) atoms. The summed E-state index contributed by atoms with van der Waals surface area (Å²) < 4.78 is 4.99. The van der Waals surface area contributed by atoms with E-state index >= 15 is 0 Å². The van der Waals surface area contributed by atoms with Crippen LogP contribution >= 0.6 is 0 Å². The Hall–Kier alpha value is -1.34. The van der Waals surface area contributed by atoms with Gasteiger partial charge in [-0.25, -0.2) is 9.86 Å². The number of hydrogen-bond donors (Lipinski definition) is 2. The van der Waals surface area contributed by atoms with Gasteiger partial charge in [-0.1, -0.05) is 0 Å². The first-order valence-electron chi connectivity index (χ1n) is 5.21. The van der Waals surface area contributed by atoms with Crippen molar-refractivity contribution in [3.8, 4) is 0 Å². The molecule has 0 radical (unpaired) electrons. The van der Waals surface area contributed by atoms with Crippen LogP contribution in [0.3, 0.4) is 0 Å². The van der Waals surface area contributed by atoms with Crippen molar-refractivity contribution in [2.45, 2.75) is 32.4 Å². The maximum atomic E-state index is 11.5. The van der Waals surface area contributed by atoms with Gasteiger partial charge in [-0.2, -0.15) is 0 Å². The first kappa shape index (κ1) is 15.7. The van der Waals surface area contributed by atoms with E-state index in [1.165, 1.54) is 14.2 Å². The standard InChI is InChI=1S/C10H21N3O4/c1-10(2,3)17-9(15)12-6-7(11)8(14)13(4)16-5/h7H,6,11H2,1-5H3,(H,12,15)/t7-/m0/s1. The first-order chi connectivity index (χ1) is 7.67. The van der Waals surface area contributed by atoms with Gasteiger partial charge in [0, 0.05) is 13.6 Å². The second kappa shape index (κ2) is 6.41. The Labute approximate surface area is 101 Å². The van der Waals surface area contributed by atoms with Crippen molar-refractivity contribution in [3.05, 3.63) is 0 Å². The monoisotopic (exact) mass is 247 g/mol. The van der Waals surface area contributed by atoms with E-state index in [9.17, 15) is 9.59 Å². The van der Waals surface area contributed by atoms with Crippen LogP contribution in [0.2, 0.25) is 0 Å². The van der Waals surface area contributed by atoms with Crippen molar-refractivity contribution in [1.29, 1.82) is 0 Å². The van der Waals surface area contributed by atoms with Crippen molar-refractivity contribution in [2.24, 2.45) is 5.73 Å². The lowest BCUT2D eigenvalue weighted by atomic mass is 10.2. The molecule has 0 aliphatic carbocycles. The zero-order valence-electron chi connectivity index (χ0n) is 10.9. The Balaban J connectivity index is 4.04. The predicted octanol–water partition coefficient (Wildman–Crippen LogP) is -0.142. The van der Waals surface area contributed by atoms with Gasteiger partial charge in [-0.15, -0.1) is 0 Å². The molecule has 3 N–H and O–H groups in total. The third kappa shape index (κ3) is 6.75. The van der Waals surface area contributed by atoms with E-state index in [0.29, 0.717) is 0 Å². The minimum atomic E-state index is -0.868. The molecule has 1 atom stereocenters. The number of nitrogens with two attached hydrogens (primary N) is 1. The summed E-state index contributed by atoms with van der Waals surface area (Å²) in [5.74, 6) is -0.427. The molecule has 0 aromatic carbocycles. The molecular formula is C10H21N3O4. The normalized spacial score (nSPS) is 12.8. The zero-order valence-corrected chi connectivity index (χ0v) is 10.9. The van der Waals surface area contributed by atoms with Gasteiger partial charge in [0.15, 0.2) is 0 Å². The molecule has 7 nitrogen and oxygen atoms in total. The molecule has 0 aromatic rings. The molecule has 0 aliphatic heterocycles. The molecule has 0 aromatic heterocycles. The molecule has 0 unspecified atom stereocenters. The maximum absolute atomic E-state index is 11.5. The van der Waals surface area contributed by atoms with Crippen molar-refractivity contribution < 1.29 is 19.2 Å². The van der Waals surface area contributed by atoms with Crippen LogP contribution in [-0.4, -0.2) is 49.4 Å². The summed E-state index contributed by atoms with van der Waals surface area (Å²) in [5.41, 5.74) is 4.98. The van der Waals surface area contributed by atoms with Gasteiger partial charge in [-0.05, 0) is 20.8 Å². The van der Waals surface area contributed by atoms with Crippen LogP contribution in [0.5, 0.6) is 0 Å². The predicted molar refractivity (Wildman–Crippen MR) is 62.0 cm³/mol. The van der Waals surface area contributed by atoms with Crippen LogP contribution in [0.15, 0.2) is 0 Å². The Morgan fingerprint density at radius 3 is 2.35 bits per heavy atom. The van der Waals surface area contributed by atoms with Crippen molar-refractivity contribution in [2.75, 3.05) is 20.7 Å². The van der Waals surface area contributed by atoms with Gasteiger partial charge in [0.05, 0.1) is 7.11 Å². The molecule has 0 saturated carbocycles. The molecule has 0 aliphatic rings. The second-order valence-corrected chi connectivity index (χ2v) is 4.51. The molecule has 0 saturated heterocycles. The molecule has 0 heterocycles. The minimum absolute atomic E-state index is 0.0125. The van der Waals surface area contributed by atoms with Crippen LogP contribution in [-0.2, 0) is 14.4 Å². The second-order valence-electron chi connectivity index (χ2n) is 4.51. The molecule has 0 spiro atoms. The topological polar surface area (TPSA) is 93.9 Å². The fourth-order valence-electron chi connectivity index (χ4n) is 0.918. The van der Waals surface area contributed by atoms with E-state index in [1.54, 1.807) is 20.8 Å². The fourth-order valence-corrected chi connectivity index (χ4v) is 0.918. The SMILES string of the molecule is CON(C)C(=O)[C@@H](N)CNC(=O)OC(C)(C)C. The third-order valence-corrected chi connectivity index (χ3v) is 1.77. The summed E-state index contributed by atoms with van der Waals surface area (Å²) in [6.45, 7) is 5.23. The average molecular weight is 247 g/mol. The Bertz CT molecular complexity index is 275. The highest BCUT2D eigenvalue weighted by molar-refractivity contribution is 5.81. The Morgan fingerprint density at radius 1 is 1.41 bits per heavy atom. The lowest BCUT2D eigenvalue weighted by Gasteiger charge is -2.22. The van der Waals surface area contributed by atoms with Crippen molar-refractivity contribution >= 4 is 12.0 Å². The summed E-state index contributed by atoms with van der Waals surface area (Å²) in [6, 6.07) is -0.868. The van der Waals surface area contributed by atoms with Gasteiger partial charge >= 0.3 is 6.09 Å². The first-order valence-corrected chi connectivity index (χ1v) is 5.21. The van der Waals surface area contributed by atoms with Crippen LogP contribution in [0.25, 0.3) is 0 Å². The number of carbonyl (C=O) groups is 2. The number of carbonyl (C=O) groups excluding carboxylic acids is 2. The third-order valence-electron chi connectivity index (χ3n) is 1.77. The van der Waals surface area contributed by atoms with E-state index in [4.69, 9.17) is 10.5 Å². The fraction of sp³-hybridized carbons (Fsp3) is 0.800. The summed E-state index contributed by atoms with van der Waals surface area (Å²) in [6.07, 6.45) is -0.610.